The minimum Gasteiger partial charge on any atom is -0.493 e. The Bertz CT molecular complexity index is 1030. The van der Waals surface area contributed by atoms with E-state index in [4.69, 9.17) is 9.47 Å². The molecule has 6 nitrogen and oxygen atoms in total. The van der Waals surface area contributed by atoms with Crippen LogP contribution in [0.25, 0.3) is 0 Å². The second kappa shape index (κ2) is 8.06. The number of hydrogen-bond donors (Lipinski definition) is 0. The number of amides is 1. The fourth-order valence-electron chi connectivity index (χ4n) is 7.85. The van der Waals surface area contributed by atoms with Gasteiger partial charge in [0.2, 0.25) is 0 Å². The van der Waals surface area contributed by atoms with E-state index in [9.17, 15) is 9.59 Å². The van der Waals surface area contributed by atoms with Gasteiger partial charge in [0.1, 0.15) is 0 Å². The van der Waals surface area contributed by atoms with Gasteiger partial charge < -0.3 is 9.47 Å². The number of halogens is 1. The molecular weight excluding hydrogens is 435 g/mol. The quantitative estimate of drug-likeness (QED) is 0.555. The minimum atomic E-state index is -0.856. The van der Waals surface area contributed by atoms with Gasteiger partial charge in [0.15, 0.2) is 17.6 Å². The molecule has 6 aliphatic rings. The summed E-state index contributed by atoms with van der Waals surface area (Å²) >= 11 is 0. The van der Waals surface area contributed by atoms with Crippen LogP contribution in [0, 0.1) is 23.6 Å². The number of carbonyl (C=O) groups is 2. The predicted molar refractivity (Wildman–Crippen MR) is 124 cm³/mol. The Labute approximate surface area is 199 Å². The Balaban J connectivity index is 1.43. The van der Waals surface area contributed by atoms with E-state index in [1.807, 2.05) is 0 Å². The maximum atomic E-state index is 16.1. The van der Waals surface area contributed by atoms with Gasteiger partial charge in [0.25, 0.3) is 5.91 Å². The topological polar surface area (TPSA) is 68.2 Å². The molecule has 1 aromatic rings. The average molecular weight is 469 g/mol. The molecule has 7 heteroatoms. The fraction of sp³-hybridized carbons (Fsp3) is 0.667. The number of methoxy groups -OCH3 is 1. The van der Waals surface area contributed by atoms with Crippen molar-refractivity contribution in [1.29, 1.82) is 0 Å². The molecule has 1 aliphatic heterocycles. The maximum Gasteiger partial charge on any atom is 0.331 e. The summed E-state index contributed by atoms with van der Waals surface area (Å²) in [5.74, 6) is 0.991. The van der Waals surface area contributed by atoms with Gasteiger partial charge in [-0.05, 0) is 93.6 Å². The van der Waals surface area contributed by atoms with Crippen LogP contribution in [0.1, 0.15) is 92.1 Å². The summed E-state index contributed by atoms with van der Waals surface area (Å²) in [6.45, 7) is 1.93. The number of hydrazone groups is 1. The van der Waals surface area contributed by atoms with E-state index in [0.29, 0.717) is 5.92 Å². The molecule has 0 saturated heterocycles. The van der Waals surface area contributed by atoms with Gasteiger partial charge in [-0.2, -0.15) is 5.10 Å². The Kier molecular flexibility index (Phi) is 5.23. The monoisotopic (exact) mass is 468 g/mol. The number of benzene rings is 1. The summed E-state index contributed by atoms with van der Waals surface area (Å²) in [5, 5.41) is 5.19. The maximum absolute atomic E-state index is 16.1. The van der Waals surface area contributed by atoms with Gasteiger partial charge in [-0.1, -0.05) is 0 Å². The molecule has 1 amide bonds. The first-order valence-electron chi connectivity index (χ1n) is 12.9. The average Bonchev–Trinajstić information content (AvgIpc) is 3.53. The summed E-state index contributed by atoms with van der Waals surface area (Å²) in [5.41, 5.74) is 2.03. The van der Waals surface area contributed by atoms with E-state index < -0.39 is 23.7 Å². The molecule has 5 aliphatic carbocycles. The summed E-state index contributed by atoms with van der Waals surface area (Å²) < 4.78 is 27.0. The van der Waals surface area contributed by atoms with Crippen molar-refractivity contribution in [2.75, 3.05) is 13.7 Å². The van der Waals surface area contributed by atoms with Gasteiger partial charge in [0.05, 0.1) is 19.3 Å². The Morgan fingerprint density at radius 2 is 1.79 bits per heavy atom. The third-order valence-electron chi connectivity index (χ3n) is 8.87. The zero-order chi connectivity index (χ0) is 23.6. The highest BCUT2D eigenvalue weighted by Crippen LogP contribution is 2.64. The molecule has 1 atom stereocenters. The fourth-order valence-corrected chi connectivity index (χ4v) is 7.85. The van der Waals surface area contributed by atoms with E-state index in [1.165, 1.54) is 32.6 Å². The van der Waals surface area contributed by atoms with Crippen LogP contribution in [0.3, 0.4) is 0 Å². The highest BCUT2D eigenvalue weighted by atomic mass is 19.1. The molecule has 1 heterocycles. The lowest BCUT2D eigenvalue weighted by Gasteiger charge is -2.57. The van der Waals surface area contributed by atoms with E-state index in [1.54, 1.807) is 13.0 Å². The molecule has 0 N–H and O–H groups in total. The zero-order valence-corrected chi connectivity index (χ0v) is 20.0. The summed E-state index contributed by atoms with van der Waals surface area (Å²) in [6.07, 6.45) is 11.1. The number of esters is 1. The molecule has 34 heavy (non-hydrogen) atoms. The van der Waals surface area contributed by atoms with Crippen LogP contribution >= 0.6 is 0 Å². The summed E-state index contributed by atoms with van der Waals surface area (Å²) in [4.78, 5) is 25.9. The van der Waals surface area contributed by atoms with Crippen LogP contribution in [0.2, 0.25) is 0 Å². The summed E-state index contributed by atoms with van der Waals surface area (Å²) in [6, 6.07) is 0.909. The molecule has 182 valence electrons. The van der Waals surface area contributed by atoms with Gasteiger partial charge >= 0.3 is 5.97 Å². The molecule has 5 fully saturated rings. The normalized spacial score (nSPS) is 33.4. The highest BCUT2D eigenvalue weighted by molar-refractivity contribution is 5.99. The molecule has 0 spiro atoms. The lowest BCUT2D eigenvalue weighted by molar-refractivity contribution is -0.147. The van der Waals surface area contributed by atoms with Crippen molar-refractivity contribution in [1.82, 2.24) is 5.01 Å². The number of hydrogen-bond acceptors (Lipinski definition) is 5. The van der Waals surface area contributed by atoms with E-state index in [2.05, 4.69) is 5.10 Å². The van der Waals surface area contributed by atoms with Crippen molar-refractivity contribution in [3.63, 3.8) is 0 Å². The molecule has 4 bridgehead atoms. The molecule has 5 saturated carbocycles. The lowest BCUT2D eigenvalue weighted by Crippen LogP contribution is -2.49. The van der Waals surface area contributed by atoms with Crippen molar-refractivity contribution < 1.29 is 23.5 Å². The van der Waals surface area contributed by atoms with Gasteiger partial charge in [0, 0.05) is 23.6 Å². The zero-order valence-electron chi connectivity index (χ0n) is 20.0. The smallest absolute Gasteiger partial charge is 0.331 e. The van der Waals surface area contributed by atoms with Crippen molar-refractivity contribution >= 4 is 18.1 Å². The van der Waals surface area contributed by atoms with Gasteiger partial charge in [-0.15, -0.1) is 0 Å². The molecule has 0 aromatic heterocycles. The predicted octanol–water partition coefficient (Wildman–Crippen LogP) is 4.94. The van der Waals surface area contributed by atoms with Crippen molar-refractivity contribution in [2.24, 2.45) is 22.9 Å². The summed E-state index contributed by atoms with van der Waals surface area (Å²) in [7, 11) is 1.52. The lowest BCUT2D eigenvalue weighted by atomic mass is 9.47. The first-order valence-corrected chi connectivity index (χ1v) is 12.9. The first kappa shape index (κ1) is 22.1. The van der Waals surface area contributed by atoms with Crippen LogP contribution in [-0.2, 0) is 14.9 Å². The molecule has 0 radical (unpaired) electrons. The standard InChI is InChI=1S/C27H33FN2O4/c1-3-34-26(32)21-6-7-29-30(21)25(31)20-11-19(18-4-5-18)22(24(33-2)23(20)28)27-12-15-8-16(13-27)10-17(9-15)14-27/h7,11,15-18,21H,3-6,8-10,12-14H2,1-2H3. The van der Waals surface area contributed by atoms with Crippen molar-refractivity contribution in [2.45, 2.75) is 82.1 Å². The van der Waals surface area contributed by atoms with Gasteiger partial charge in [-0.3, -0.25) is 4.79 Å². The highest BCUT2D eigenvalue weighted by Gasteiger charge is 2.54. The number of ether oxygens (including phenoxy) is 2. The Hall–Kier alpha value is -2.44. The first-order chi connectivity index (χ1) is 16.4. The SMILES string of the molecule is CCOC(=O)C1CC=NN1C(=O)c1cc(C2CC2)c(C23CC4CC(CC(C4)C2)C3)c(OC)c1F. The second-order valence-corrected chi connectivity index (χ2v) is 11.2. The Morgan fingerprint density at radius 3 is 2.35 bits per heavy atom. The molecular formula is C27H33FN2O4. The number of carbonyl (C=O) groups excluding carboxylic acids is 2. The molecule has 7 rings (SSSR count). The second-order valence-electron chi connectivity index (χ2n) is 11.2. The van der Waals surface area contributed by atoms with Gasteiger partial charge in [-0.25, -0.2) is 14.2 Å². The van der Waals surface area contributed by atoms with E-state index in [0.717, 1.165) is 66.0 Å². The number of nitrogens with zero attached hydrogens (tertiary/aromatic N) is 2. The third kappa shape index (κ3) is 3.37. The van der Waals surface area contributed by atoms with Crippen LogP contribution in [0.4, 0.5) is 4.39 Å². The Morgan fingerprint density at radius 1 is 1.15 bits per heavy atom. The molecule has 1 aromatic carbocycles. The van der Waals surface area contributed by atoms with E-state index >= 15 is 4.39 Å². The van der Waals surface area contributed by atoms with Crippen LogP contribution < -0.4 is 4.74 Å². The van der Waals surface area contributed by atoms with Crippen molar-refractivity contribution in [3.8, 4) is 5.75 Å². The van der Waals surface area contributed by atoms with Crippen LogP contribution in [-0.4, -0.2) is 42.9 Å². The minimum absolute atomic E-state index is 0.0420. The van der Waals surface area contributed by atoms with Crippen LogP contribution in [0.5, 0.6) is 5.75 Å². The van der Waals surface area contributed by atoms with Crippen molar-refractivity contribution in [3.05, 3.63) is 28.6 Å². The number of rotatable bonds is 6. The van der Waals surface area contributed by atoms with Crippen LogP contribution in [0.15, 0.2) is 11.2 Å². The van der Waals surface area contributed by atoms with E-state index in [-0.39, 0.29) is 29.8 Å². The largest absolute Gasteiger partial charge is 0.493 e. The third-order valence-corrected chi connectivity index (χ3v) is 8.87. The molecule has 1 unspecified atom stereocenters.